The number of methoxy groups -OCH3 is 1. The highest BCUT2D eigenvalue weighted by molar-refractivity contribution is 5.88. The Morgan fingerprint density at radius 2 is 1.76 bits per heavy atom. The van der Waals surface area contributed by atoms with E-state index >= 15 is 0 Å². The number of carbonyl (C=O) groups is 1. The Labute approximate surface area is 124 Å². The summed E-state index contributed by atoms with van der Waals surface area (Å²) in [5.41, 5.74) is 2.91. The summed E-state index contributed by atoms with van der Waals surface area (Å²) in [5, 5.41) is 0. The minimum absolute atomic E-state index is 0.389. The van der Waals surface area contributed by atoms with Gasteiger partial charge in [-0.05, 0) is 54.8 Å². The van der Waals surface area contributed by atoms with Gasteiger partial charge < -0.3 is 9.47 Å². The van der Waals surface area contributed by atoms with Crippen molar-refractivity contribution in [2.75, 3.05) is 7.11 Å². The van der Waals surface area contributed by atoms with Crippen molar-refractivity contribution >= 4 is 12.0 Å². The minimum atomic E-state index is -0.389. The van der Waals surface area contributed by atoms with Gasteiger partial charge in [0, 0.05) is 6.08 Å². The number of hydrogen-bond donors (Lipinski definition) is 0. The summed E-state index contributed by atoms with van der Waals surface area (Å²) in [7, 11) is 1.62. The normalized spacial score (nSPS) is 10.6. The summed E-state index contributed by atoms with van der Waals surface area (Å²) in [6.45, 7) is 3.87. The number of benzene rings is 2. The summed E-state index contributed by atoms with van der Waals surface area (Å²) in [4.78, 5) is 11.8. The Hall–Kier alpha value is -2.55. The van der Waals surface area contributed by atoms with Crippen molar-refractivity contribution in [3.05, 3.63) is 65.2 Å². The Bertz CT molecular complexity index is 655. The van der Waals surface area contributed by atoms with E-state index in [1.165, 1.54) is 6.08 Å². The number of rotatable bonds is 4. The van der Waals surface area contributed by atoms with Crippen LogP contribution in [0.25, 0.3) is 6.08 Å². The summed E-state index contributed by atoms with van der Waals surface area (Å²) in [6, 6.07) is 13.2. The SMILES string of the molecule is COc1ccc(C=CC(=O)Oc2cc(C)ccc2C)cc1. The second kappa shape index (κ2) is 6.75. The third-order valence-electron chi connectivity index (χ3n) is 3.08. The van der Waals surface area contributed by atoms with Gasteiger partial charge in [-0.2, -0.15) is 0 Å². The van der Waals surface area contributed by atoms with Crippen molar-refractivity contribution in [3.8, 4) is 11.5 Å². The van der Waals surface area contributed by atoms with E-state index in [0.29, 0.717) is 5.75 Å². The van der Waals surface area contributed by atoms with Gasteiger partial charge in [-0.1, -0.05) is 24.3 Å². The molecule has 108 valence electrons. The third-order valence-corrected chi connectivity index (χ3v) is 3.08. The van der Waals surface area contributed by atoms with Crippen LogP contribution in [0.5, 0.6) is 11.5 Å². The fourth-order valence-electron chi connectivity index (χ4n) is 1.84. The summed E-state index contributed by atoms with van der Waals surface area (Å²) in [5.74, 6) is 0.990. The Kier molecular flexibility index (Phi) is 4.77. The van der Waals surface area contributed by atoms with Crippen LogP contribution in [0.4, 0.5) is 0 Å². The maximum atomic E-state index is 11.8. The van der Waals surface area contributed by atoms with E-state index in [-0.39, 0.29) is 5.97 Å². The van der Waals surface area contributed by atoms with E-state index in [1.807, 2.05) is 56.3 Å². The van der Waals surface area contributed by atoms with Crippen LogP contribution in [0.2, 0.25) is 0 Å². The van der Waals surface area contributed by atoms with Crippen molar-refractivity contribution in [3.63, 3.8) is 0 Å². The fraction of sp³-hybridized carbons (Fsp3) is 0.167. The first-order valence-electron chi connectivity index (χ1n) is 6.69. The topological polar surface area (TPSA) is 35.5 Å². The maximum absolute atomic E-state index is 11.8. The molecule has 0 heterocycles. The molecule has 0 unspecified atom stereocenters. The molecule has 0 spiro atoms. The summed E-state index contributed by atoms with van der Waals surface area (Å²) >= 11 is 0. The number of hydrogen-bond acceptors (Lipinski definition) is 3. The monoisotopic (exact) mass is 282 g/mol. The molecule has 0 aromatic heterocycles. The molecule has 0 atom stereocenters. The Balaban J connectivity index is 2.03. The zero-order valence-electron chi connectivity index (χ0n) is 12.4. The average molecular weight is 282 g/mol. The molecule has 0 N–H and O–H groups in total. The zero-order valence-corrected chi connectivity index (χ0v) is 12.4. The molecule has 0 aliphatic carbocycles. The Morgan fingerprint density at radius 1 is 1.05 bits per heavy atom. The number of ether oxygens (including phenoxy) is 2. The van der Waals surface area contributed by atoms with Crippen molar-refractivity contribution < 1.29 is 14.3 Å². The van der Waals surface area contributed by atoms with Crippen molar-refractivity contribution in [2.45, 2.75) is 13.8 Å². The minimum Gasteiger partial charge on any atom is -0.497 e. The molecule has 0 amide bonds. The lowest BCUT2D eigenvalue weighted by Gasteiger charge is -2.06. The molecule has 3 nitrogen and oxygen atoms in total. The second-order valence-corrected chi connectivity index (χ2v) is 4.80. The van der Waals surface area contributed by atoms with Gasteiger partial charge in [0.1, 0.15) is 11.5 Å². The number of carbonyl (C=O) groups excluding carboxylic acids is 1. The van der Waals surface area contributed by atoms with Crippen LogP contribution in [-0.2, 0) is 4.79 Å². The fourth-order valence-corrected chi connectivity index (χ4v) is 1.84. The molecule has 21 heavy (non-hydrogen) atoms. The van der Waals surface area contributed by atoms with Gasteiger partial charge in [-0.15, -0.1) is 0 Å². The van der Waals surface area contributed by atoms with Crippen molar-refractivity contribution in [1.82, 2.24) is 0 Å². The predicted octanol–water partition coefficient (Wildman–Crippen LogP) is 3.93. The third kappa shape index (κ3) is 4.21. The largest absolute Gasteiger partial charge is 0.497 e. The van der Waals surface area contributed by atoms with E-state index in [0.717, 1.165) is 22.4 Å². The molecule has 3 heteroatoms. The van der Waals surface area contributed by atoms with Crippen LogP contribution in [0.15, 0.2) is 48.5 Å². The molecule has 2 aromatic rings. The molecule has 0 fully saturated rings. The van der Waals surface area contributed by atoms with Gasteiger partial charge in [-0.25, -0.2) is 4.79 Å². The molecule has 0 aliphatic rings. The molecule has 0 saturated carbocycles. The lowest BCUT2D eigenvalue weighted by Crippen LogP contribution is -2.05. The van der Waals surface area contributed by atoms with Crippen LogP contribution in [0, 0.1) is 13.8 Å². The van der Waals surface area contributed by atoms with Gasteiger partial charge in [0.05, 0.1) is 7.11 Å². The lowest BCUT2D eigenvalue weighted by molar-refractivity contribution is -0.128. The summed E-state index contributed by atoms with van der Waals surface area (Å²) in [6.07, 6.45) is 3.14. The first-order chi connectivity index (χ1) is 10.1. The lowest BCUT2D eigenvalue weighted by atomic mass is 10.1. The molecule has 2 aromatic carbocycles. The van der Waals surface area contributed by atoms with E-state index < -0.39 is 0 Å². The smallest absolute Gasteiger partial charge is 0.336 e. The highest BCUT2D eigenvalue weighted by Gasteiger charge is 2.04. The molecule has 0 radical (unpaired) electrons. The van der Waals surface area contributed by atoms with Gasteiger partial charge in [0.15, 0.2) is 0 Å². The van der Waals surface area contributed by atoms with E-state index in [4.69, 9.17) is 9.47 Å². The van der Waals surface area contributed by atoms with Crippen LogP contribution in [-0.4, -0.2) is 13.1 Å². The maximum Gasteiger partial charge on any atom is 0.336 e. The van der Waals surface area contributed by atoms with Crippen LogP contribution < -0.4 is 9.47 Å². The molecule has 0 saturated heterocycles. The molecule has 0 bridgehead atoms. The molecular formula is C18H18O3. The average Bonchev–Trinajstić information content (AvgIpc) is 2.49. The highest BCUT2D eigenvalue weighted by Crippen LogP contribution is 2.19. The predicted molar refractivity (Wildman–Crippen MR) is 83.6 cm³/mol. The van der Waals surface area contributed by atoms with Gasteiger partial charge in [0.25, 0.3) is 0 Å². The Morgan fingerprint density at radius 3 is 2.43 bits per heavy atom. The zero-order chi connectivity index (χ0) is 15.2. The molecule has 0 aliphatic heterocycles. The quantitative estimate of drug-likeness (QED) is 0.484. The standard InChI is InChI=1S/C18H18O3/c1-13-4-5-14(2)17(12-13)21-18(19)11-8-15-6-9-16(20-3)10-7-15/h4-12H,1-3H3. The first-order valence-corrected chi connectivity index (χ1v) is 6.69. The van der Waals surface area contributed by atoms with E-state index in [1.54, 1.807) is 13.2 Å². The second-order valence-electron chi connectivity index (χ2n) is 4.80. The summed E-state index contributed by atoms with van der Waals surface area (Å²) < 4.78 is 10.4. The van der Waals surface area contributed by atoms with Crippen molar-refractivity contribution in [1.29, 1.82) is 0 Å². The van der Waals surface area contributed by atoms with Gasteiger partial charge in [-0.3, -0.25) is 0 Å². The van der Waals surface area contributed by atoms with Gasteiger partial charge >= 0.3 is 5.97 Å². The van der Waals surface area contributed by atoms with E-state index in [2.05, 4.69) is 0 Å². The van der Waals surface area contributed by atoms with E-state index in [9.17, 15) is 4.79 Å². The molecule has 2 rings (SSSR count). The van der Waals surface area contributed by atoms with Crippen LogP contribution in [0.3, 0.4) is 0 Å². The number of aryl methyl sites for hydroxylation is 2. The molecular weight excluding hydrogens is 264 g/mol. The van der Waals surface area contributed by atoms with Crippen LogP contribution >= 0.6 is 0 Å². The van der Waals surface area contributed by atoms with Crippen molar-refractivity contribution in [2.24, 2.45) is 0 Å². The van der Waals surface area contributed by atoms with Crippen LogP contribution in [0.1, 0.15) is 16.7 Å². The number of esters is 1. The van der Waals surface area contributed by atoms with Gasteiger partial charge in [0.2, 0.25) is 0 Å². The highest BCUT2D eigenvalue weighted by atomic mass is 16.5. The first kappa shape index (κ1) is 14.9.